The van der Waals surface area contributed by atoms with Gasteiger partial charge in [0.05, 0.1) is 43.8 Å². The Balaban J connectivity index is 1.17. The highest BCUT2D eigenvalue weighted by Gasteiger charge is 2.40. The molecule has 260 valence electrons. The van der Waals surface area contributed by atoms with Crippen LogP contribution in [0.25, 0.3) is 0 Å². The lowest BCUT2D eigenvalue weighted by Gasteiger charge is -2.36. The van der Waals surface area contributed by atoms with Crippen molar-refractivity contribution in [3.8, 4) is 5.75 Å². The molecule has 1 aromatic carbocycles. The molecule has 2 saturated heterocycles. The van der Waals surface area contributed by atoms with Crippen LogP contribution in [0.2, 0.25) is 0 Å². The number of piperidine rings is 1. The molecular formula is C30H34F6N8O4. The number of nitrogens with zero attached hydrogens (tertiary/aromatic N) is 6. The first kappa shape index (κ1) is 34.9. The van der Waals surface area contributed by atoms with Crippen LogP contribution < -0.4 is 26.2 Å². The smallest absolute Gasteiger partial charge is 0.423 e. The number of anilines is 2. The molecule has 0 bridgehead atoms. The number of carbonyl (C=O) groups excluding carboxylic acids is 1. The third-order valence-corrected chi connectivity index (χ3v) is 8.31. The van der Waals surface area contributed by atoms with E-state index in [4.69, 9.17) is 15.2 Å². The number of carbonyl (C=O) groups is 1. The second kappa shape index (κ2) is 14.3. The topological polar surface area (TPSA) is 141 Å². The van der Waals surface area contributed by atoms with Crippen molar-refractivity contribution in [1.29, 1.82) is 0 Å². The van der Waals surface area contributed by atoms with Gasteiger partial charge in [0.25, 0.3) is 11.5 Å². The van der Waals surface area contributed by atoms with Gasteiger partial charge in [-0.15, -0.1) is 0 Å². The zero-order chi connectivity index (χ0) is 34.6. The number of halogens is 6. The van der Waals surface area contributed by atoms with Crippen LogP contribution in [-0.2, 0) is 28.4 Å². The highest BCUT2D eigenvalue weighted by molar-refractivity contribution is 5.83. The van der Waals surface area contributed by atoms with Crippen molar-refractivity contribution in [2.45, 2.75) is 56.3 Å². The number of hydrogen-bond acceptors (Lipinski definition) is 10. The lowest BCUT2D eigenvalue weighted by Crippen LogP contribution is -2.47. The van der Waals surface area contributed by atoms with Crippen LogP contribution in [0.3, 0.4) is 0 Å². The Bertz CT molecular complexity index is 1610. The Morgan fingerprint density at radius 1 is 0.958 bits per heavy atom. The lowest BCUT2D eigenvalue weighted by molar-refractivity contribution is -0.139. The summed E-state index contributed by atoms with van der Waals surface area (Å²) in [5, 5.41) is 6.57. The number of benzene rings is 1. The highest BCUT2D eigenvalue weighted by Crippen LogP contribution is 2.33. The van der Waals surface area contributed by atoms with Crippen LogP contribution in [0.1, 0.15) is 36.0 Å². The first-order valence-corrected chi connectivity index (χ1v) is 15.1. The van der Waals surface area contributed by atoms with E-state index in [0.29, 0.717) is 50.2 Å². The minimum atomic E-state index is -5.00. The number of aromatic nitrogens is 4. The molecule has 2 aromatic heterocycles. The highest BCUT2D eigenvalue weighted by atomic mass is 19.4. The molecule has 18 heteroatoms. The number of methoxy groups -OCH3 is 1. The molecule has 2 aliphatic rings. The maximum atomic E-state index is 14.1. The molecule has 5 rings (SSSR count). The number of alkyl halides is 6. The summed E-state index contributed by atoms with van der Waals surface area (Å²) in [4.78, 5) is 37.2. The molecule has 0 radical (unpaired) electrons. The standard InChI is InChI=1S/C30H34F6N8O4/c1-47-22-4-2-18(3-5-22)16-44-27(46)25(30(34,35)36)23(15-40-44)41-20(12-37)17-48-24-8-11-43(26(24)45)21-6-9-42(10-7-21)28-38-13-19(14-39-28)29(31,32)33/h2-5,13-15,20-21,24,41H,6-12,16-17,37H2,1H3. The summed E-state index contributed by atoms with van der Waals surface area (Å²) in [5.41, 5.74) is 2.11. The van der Waals surface area contributed by atoms with Crippen molar-refractivity contribution >= 4 is 17.5 Å². The van der Waals surface area contributed by atoms with Crippen LogP contribution >= 0.6 is 0 Å². The first-order chi connectivity index (χ1) is 22.8. The summed E-state index contributed by atoms with van der Waals surface area (Å²) < 4.78 is 92.4. The predicted octanol–water partition coefficient (Wildman–Crippen LogP) is 3.15. The summed E-state index contributed by atoms with van der Waals surface area (Å²) in [6, 6.07) is 5.45. The zero-order valence-electron chi connectivity index (χ0n) is 25.8. The molecule has 4 heterocycles. The lowest BCUT2D eigenvalue weighted by atomic mass is 10.0. The van der Waals surface area contributed by atoms with Crippen LogP contribution in [0, 0.1) is 0 Å². The van der Waals surface area contributed by atoms with E-state index in [2.05, 4.69) is 20.4 Å². The number of rotatable bonds is 11. The summed E-state index contributed by atoms with van der Waals surface area (Å²) >= 11 is 0. The zero-order valence-corrected chi connectivity index (χ0v) is 25.8. The SMILES string of the molecule is COc1ccc(Cn2ncc(NC(CN)COC3CCN(C4CCN(c5ncc(C(F)(F)F)cn5)CC4)C3=O)c(C(F)(F)F)c2=O)cc1. The molecule has 48 heavy (non-hydrogen) atoms. The number of likely N-dealkylation sites (tertiary alicyclic amines) is 1. The predicted molar refractivity (Wildman–Crippen MR) is 160 cm³/mol. The van der Waals surface area contributed by atoms with Crippen molar-refractivity contribution in [2.75, 3.05) is 50.1 Å². The molecule has 2 unspecified atom stereocenters. The van der Waals surface area contributed by atoms with E-state index >= 15 is 0 Å². The minimum absolute atomic E-state index is 0.134. The molecular weight excluding hydrogens is 650 g/mol. The average Bonchev–Trinajstić information content (AvgIpc) is 3.43. The first-order valence-electron chi connectivity index (χ1n) is 15.1. The molecule has 2 aliphatic heterocycles. The van der Waals surface area contributed by atoms with E-state index in [1.165, 1.54) is 7.11 Å². The molecule has 2 fully saturated rings. The molecule has 3 N–H and O–H groups in total. The number of hydrogen-bond donors (Lipinski definition) is 2. The summed E-state index contributed by atoms with van der Waals surface area (Å²) in [5.74, 6) is 0.454. The van der Waals surface area contributed by atoms with Gasteiger partial charge < -0.3 is 30.3 Å². The van der Waals surface area contributed by atoms with E-state index in [9.17, 15) is 35.9 Å². The minimum Gasteiger partial charge on any atom is -0.497 e. The molecule has 12 nitrogen and oxygen atoms in total. The van der Waals surface area contributed by atoms with Crippen LogP contribution in [0.15, 0.2) is 47.7 Å². The van der Waals surface area contributed by atoms with Gasteiger partial charge in [0, 0.05) is 51.0 Å². The van der Waals surface area contributed by atoms with E-state index in [-0.39, 0.29) is 37.6 Å². The Morgan fingerprint density at radius 3 is 2.21 bits per heavy atom. The third-order valence-electron chi connectivity index (χ3n) is 8.31. The second-order valence-corrected chi connectivity index (χ2v) is 11.4. The fourth-order valence-corrected chi connectivity index (χ4v) is 5.71. The fourth-order valence-electron chi connectivity index (χ4n) is 5.71. The fraction of sp³-hybridized carbons (Fsp3) is 0.500. The van der Waals surface area contributed by atoms with Crippen molar-refractivity contribution in [3.05, 3.63) is 69.9 Å². The summed E-state index contributed by atoms with van der Waals surface area (Å²) in [6.07, 6.45) is -6.55. The van der Waals surface area contributed by atoms with Gasteiger partial charge >= 0.3 is 12.4 Å². The molecule has 2 atom stereocenters. The van der Waals surface area contributed by atoms with Crippen LogP contribution in [0.5, 0.6) is 5.75 Å². The Hall–Kier alpha value is -4.45. The Morgan fingerprint density at radius 2 is 1.62 bits per heavy atom. The molecule has 3 aromatic rings. The van der Waals surface area contributed by atoms with Gasteiger partial charge in [-0.2, -0.15) is 31.4 Å². The van der Waals surface area contributed by atoms with E-state index in [1.807, 2.05) is 0 Å². The normalized spacial score (nSPS) is 18.3. The molecule has 0 saturated carbocycles. The Kier molecular flexibility index (Phi) is 10.4. The number of nitrogens with one attached hydrogen (secondary N) is 1. The maximum absolute atomic E-state index is 14.1. The van der Waals surface area contributed by atoms with Crippen molar-refractivity contribution in [3.63, 3.8) is 0 Å². The van der Waals surface area contributed by atoms with Gasteiger partial charge in [0.1, 0.15) is 17.4 Å². The van der Waals surface area contributed by atoms with Gasteiger partial charge in [-0.1, -0.05) is 12.1 Å². The monoisotopic (exact) mass is 684 g/mol. The van der Waals surface area contributed by atoms with E-state index in [1.54, 1.807) is 34.1 Å². The van der Waals surface area contributed by atoms with Gasteiger partial charge in [-0.25, -0.2) is 14.6 Å². The summed E-state index contributed by atoms with van der Waals surface area (Å²) in [7, 11) is 1.47. The second-order valence-electron chi connectivity index (χ2n) is 11.4. The molecule has 0 aliphatic carbocycles. The number of amides is 1. The molecule has 0 spiro atoms. The van der Waals surface area contributed by atoms with E-state index in [0.717, 1.165) is 23.3 Å². The molecule has 1 amide bonds. The van der Waals surface area contributed by atoms with Crippen LogP contribution in [-0.4, -0.2) is 88.6 Å². The quantitative estimate of drug-likeness (QED) is 0.290. The number of nitrogens with two attached hydrogens (primary N) is 1. The van der Waals surface area contributed by atoms with Gasteiger partial charge in [-0.05, 0) is 30.5 Å². The van der Waals surface area contributed by atoms with Gasteiger partial charge in [-0.3, -0.25) is 9.59 Å². The largest absolute Gasteiger partial charge is 0.497 e. The van der Waals surface area contributed by atoms with Gasteiger partial charge in [0.2, 0.25) is 5.95 Å². The Labute approximate surface area is 270 Å². The summed E-state index contributed by atoms with van der Waals surface area (Å²) in [6.45, 7) is 0.688. The average molecular weight is 685 g/mol. The maximum Gasteiger partial charge on any atom is 0.423 e. The number of ether oxygens (including phenoxy) is 2. The van der Waals surface area contributed by atoms with Crippen molar-refractivity contribution in [2.24, 2.45) is 5.73 Å². The van der Waals surface area contributed by atoms with Gasteiger partial charge in [0.15, 0.2) is 0 Å². The van der Waals surface area contributed by atoms with E-state index < -0.39 is 46.9 Å². The van der Waals surface area contributed by atoms with Crippen LogP contribution in [0.4, 0.5) is 38.0 Å². The third kappa shape index (κ3) is 7.98. The van der Waals surface area contributed by atoms with Crippen molar-refractivity contribution in [1.82, 2.24) is 24.6 Å². The van der Waals surface area contributed by atoms with Crippen molar-refractivity contribution < 1.29 is 40.6 Å².